The van der Waals surface area contributed by atoms with Gasteiger partial charge in [0.25, 0.3) is 0 Å². The van der Waals surface area contributed by atoms with E-state index in [4.69, 9.17) is 10.5 Å². The topological polar surface area (TPSA) is 48.1 Å². The summed E-state index contributed by atoms with van der Waals surface area (Å²) in [5.74, 6) is 0. The molecule has 0 spiro atoms. The largest absolute Gasteiger partial charge is 0.371 e. The molecule has 3 nitrogen and oxygen atoms in total. The third kappa shape index (κ3) is 4.38. The third-order valence-electron chi connectivity index (χ3n) is 3.11. The number of aromatic nitrogens is 1. The average molecular weight is 355 g/mol. The Balaban J connectivity index is 1.95. The van der Waals surface area contributed by atoms with Crippen molar-refractivity contribution < 1.29 is 4.74 Å². The lowest BCUT2D eigenvalue weighted by Gasteiger charge is -2.22. The fraction of sp³-hybridized carbons (Fsp3) is 0.400. The molecule has 0 aliphatic heterocycles. The molecule has 0 bridgehead atoms. The summed E-state index contributed by atoms with van der Waals surface area (Å²) in [6, 6.07) is 8.03. The van der Waals surface area contributed by atoms with E-state index >= 15 is 0 Å². The summed E-state index contributed by atoms with van der Waals surface area (Å²) in [7, 11) is 0. The van der Waals surface area contributed by atoms with E-state index in [0.29, 0.717) is 6.61 Å². The van der Waals surface area contributed by atoms with Crippen molar-refractivity contribution in [2.75, 3.05) is 6.61 Å². The van der Waals surface area contributed by atoms with Crippen LogP contribution in [0.2, 0.25) is 0 Å². The first-order valence-electron chi connectivity index (χ1n) is 6.71. The van der Waals surface area contributed by atoms with Crippen LogP contribution < -0.4 is 5.73 Å². The molecule has 2 aromatic rings. The van der Waals surface area contributed by atoms with Gasteiger partial charge >= 0.3 is 0 Å². The molecule has 0 aromatic carbocycles. The summed E-state index contributed by atoms with van der Waals surface area (Å²) in [6.07, 6.45) is 3.46. The molecule has 2 atom stereocenters. The highest BCUT2D eigenvalue weighted by atomic mass is 79.9. The van der Waals surface area contributed by atoms with Crippen LogP contribution in [0.15, 0.2) is 40.3 Å². The molecular formula is C15H19BrN2OS. The van der Waals surface area contributed by atoms with Gasteiger partial charge in [-0.25, -0.2) is 0 Å². The highest BCUT2D eigenvalue weighted by Gasteiger charge is 2.20. The SMILES string of the molecule is CCC(N)C(OCCc1ccccn1)c1cc(Br)cs1. The van der Waals surface area contributed by atoms with Crippen LogP contribution in [0.1, 0.15) is 30.0 Å². The minimum Gasteiger partial charge on any atom is -0.371 e. The minimum atomic E-state index is -0.0417. The van der Waals surface area contributed by atoms with E-state index in [2.05, 4.69) is 39.3 Å². The molecule has 0 aliphatic rings. The highest BCUT2D eigenvalue weighted by molar-refractivity contribution is 9.10. The lowest BCUT2D eigenvalue weighted by atomic mass is 10.1. The zero-order valence-corrected chi connectivity index (χ0v) is 13.9. The maximum atomic E-state index is 6.19. The molecule has 0 saturated heterocycles. The smallest absolute Gasteiger partial charge is 0.107 e. The molecule has 108 valence electrons. The number of ether oxygens (including phenoxy) is 1. The summed E-state index contributed by atoms with van der Waals surface area (Å²) in [6.45, 7) is 2.72. The Morgan fingerprint density at radius 1 is 1.45 bits per heavy atom. The van der Waals surface area contributed by atoms with Crippen molar-refractivity contribution in [3.05, 3.63) is 50.9 Å². The van der Waals surface area contributed by atoms with Crippen molar-refractivity contribution in [3.8, 4) is 0 Å². The Bertz CT molecular complexity index is 518. The van der Waals surface area contributed by atoms with Crippen molar-refractivity contribution in [1.82, 2.24) is 4.98 Å². The average Bonchev–Trinajstić information content (AvgIpc) is 2.90. The molecule has 2 heterocycles. The van der Waals surface area contributed by atoms with Gasteiger partial charge in [-0.15, -0.1) is 11.3 Å². The molecule has 2 aromatic heterocycles. The molecule has 0 saturated carbocycles. The molecule has 0 aliphatic carbocycles. The van der Waals surface area contributed by atoms with Gasteiger partial charge in [0, 0.05) is 39.1 Å². The van der Waals surface area contributed by atoms with E-state index in [-0.39, 0.29) is 12.1 Å². The summed E-state index contributed by atoms with van der Waals surface area (Å²) in [5, 5.41) is 2.06. The maximum Gasteiger partial charge on any atom is 0.107 e. The fourth-order valence-electron chi connectivity index (χ4n) is 1.94. The van der Waals surface area contributed by atoms with Crippen molar-refractivity contribution in [3.63, 3.8) is 0 Å². The second kappa shape index (κ2) is 7.88. The number of thiophene rings is 1. The predicted molar refractivity (Wildman–Crippen MR) is 86.9 cm³/mol. The van der Waals surface area contributed by atoms with Crippen LogP contribution in [0, 0.1) is 0 Å². The van der Waals surface area contributed by atoms with Gasteiger partial charge in [0.1, 0.15) is 6.10 Å². The second-order valence-electron chi connectivity index (χ2n) is 4.60. The van der Waals surface area contributed by atoms with Gasteiger partial charge in [-0.05, 0) is 40.5 Å². The van der Waals surface area contributed by atoms with Gasteiger partial charge in [-0.3, -0.25) is 4.98 Å². The van der Waals surface area contributed by atoms with Crippen molar-refractivity contribution in [2.24, 2.45) is 5.73 Å². The zero-order valence-electron chi connectivity index (χ0n) is 11.5. The van der Waals surface area contributed by atoms with Crippen LogP contribution in [0.25, 0.3) is 0 Å². The molecule has 20 heavy (non-hydrogen) atoms. The van der Waals surface area contributed by atoms with E-state index in [1.807, 2.05) is 18.2 Å². The molecule has 2 unspecified atom stereocenters. The highest BCUT2D eigenvalue weighted by Crippen LogP contribution is 2.30. The number of nitrogens with two attached hydrogens (primary N) is 1. The van der Waals surface area contributed by atoms with E-state index in [1.165, 1.54) is 4.88 Å². The molecular weight excluding hydrogens is 336 g/mol. The summed E-state index contributed by atoms with van der Waals surface area (Å²) < 4.78 is 7.11. The Hall–Kier alpha value is -0.750. The number of hydrogen-bond donors (Lipinski definition) is 1. The molecule has 0 amide bonds. The van der Waals surface area contributed by atoms with Crippen molar-refractivity contribution in [2.45, 2.75) is 31.9 Å². The van der Waals surface area contributed by atoms with E-state index < -0.39 is 0 Å². The van der Waals surface area contributed by atoms with Gasteiger partial charge in [-0.1, -0.05) is 13.0 Å². The number of rotatable bonds is 7. The van der Waals surface area contributed by atoms with Crippen LogP contribution in [-0.2, 0) is 11.2 Å². The monoisotopic (exact) mass is 354 g/mol. The van der Waals surface area contributed by atoms with Gasteiger partial charge in [0.15, 0.2) is 0 Å². The molecule has 2 rings (SSSR count). The van der Waals surface area contributed by atoms with Gasteiger partial charge < -0.3 is 10.5 Å². The normalized spacial score (nSPS) is 14.2. The number of halogens is 1. The fourth-order valence-corrected chi connectivity index (χ4v) is 3.51. The van der Waals surface area contributed by atoms with Crippen LogP contribution in [0.4, 0.5) is 0 Å². The standard InChI is InChI=1S/C15H19BrN2OS/c1-2-13(17)15(14-9-11(16)10-20-14)19-8-6-12-5-3-4-7-18-12/h3-5,7,9-10,13,15H,2,6,8,17H2,1H3. The quantitative estimate of drug-likeness (QED) is 0.818. The van der Waals surface area contributed by atoms with E-state index in [1.54, 1.807) is 17.5 Å². The van der Waals surface area contributed by atoms with E-state index in [0.717, 1.165) is 23.0 Å². The second-order valence-corrected chi connectivity index (χ2v) is 6.46. The predicted octanol–water partition coefficient (Wildman–Crippen LogP) is 3.94. The number of pyridine rings is 1. The molecule has 5 heteroatoms. The minimum absolute atomic E-state index is 0.0179. The summed E-state index contributed by atoms with van der Waals surface area (Å²) in [5.41, 5.74) is 7.23. The van der Waals surface area contributed by atoms with Crippen molar-refractivity contribution in [1.29, 1.82) is 0 Å². The summed E-state index contributed by atoms with van der Waals surface area (Å²) >= 11 is 5.16. The van der Waals surface area contributed by atoms with Crippen LogP contribution >= 0.6 is 27.3 Å². The number of hydrogen-bond acceptors (Lipinski definition) is 4. The summed E-state index contributed by atoms with van der Waals surface area (Å²) in [4.78, 5) is 5.47. The van der Waals surface area contributed by atoms with Crippen LogP contribution in [0.3, 0.4) is 0 Å². The molecule has 0 radical (unpaired) electrons. The van der Waals surface area contributed by atoms with Crippen LogP contribution in [-0.4, -0.2) is 17.6 Å². The first-order chi connectivity index (χ1) is 9.70. The van der Waals surface area contributed by atoms with Gasteiger partial charge in [-0.2, -0.15) is 0 Å². The van der Waals surface area contributed by atoms with Gasteiger partial charge in [0.05, 0.1) is 6.61 Å². The van der Waals surface area contributed by atoms with Crippen molar-refractivity contribution >= 4 is 27.3 Å². The lowest BCUT2D eigenvalue weighted by Crippen LogP contribution is -2.29. The van der Waals surface area contributed by atoms with E-state index in [9.17, 15) is 0 Å². The zero-order chi connectivity index (χ0) is 14.4. The number of nitrogens with zero attached hydrogens (tertiary/aromatic N) is 1. The Kier molecular flexibility index (Phi) is 6.16. The molecule has 0 fully saturated rings. The lowest BCUT2D eigenvalue weighted by molar-refractivity contribution is 0.0375. The molecule has 2 N–H and O–H groups in total. The van der Waals surface area contributed by atoms with Gasteiger partial charge in [0.2, 0.25) is 0 Å². The van der Waals surface area contributed by atoms with Crippen LogP contribution in [0.5, 0.6) is 0 Å². The Labute approximate surface area is 132 Å². The maximum absolute atomic E-state index is 6.19. The Morgan fingerprint density at radius 3 is 2.90 bits per heavy atom. The Morgan fingerprint density at radius 2 is 2.30 bits per heavy atom. The first-order valence-corrected chi connectivity index (χ1v) is 8.39. The first kappa shape index (κ1) is 15.6. The third-order valence-corrected chi connectivity index (χ3v) is 4.87.